The van der Waals surface area contributed by atoms with Gasteiger partial charge in [-0.25, -0.2) is 13.1 Å². The molecule has 0 fully saturated rings. The number of nitrogens with one attached hydrogen (secondary N) is 3. The fourth-order valence-electron chi connectivity index (χ4n) is 2.17. The van der Waals surface area contributed by atoms with Gasteiger partial charge in [0.25, 0.3) is 0 Å². The molecule has 0 spiro atoms. The Kier molecular flexibility index (Phi) is 8.31. The van der Waals surface area contributed by atoms with E-state index in [9.17, 15) is 13.2 Å². The Morgan fingerprint density at radius 1 is 1.12 bits per heavy atom. The molecule has 3 N–H and O–H groups in total. The number of carbonyl (C=O) groups excluding carboxylic acids is 1. The number of fused-ring (bicyclic) bond motifs is 1. The first-order valence-electron chi connectivity index (χ1n) is 7.85. The van der Waals surface area contributed by atoms with E-state index in [0.29, 0.717) is 6.54 Å². The van der Waals surface area contributed by atoms with Gasteiger partial charge in [-0.05, 0) is 36.9 Å². The van der Waals surface area contributed by atoms with Crippen molar-refractivity contribution in [2.24, 2.45) is 0 Å². The highest BCUT2D eigenvalue weighted by Gasteiger charge is 2.14. The number of halogens is 1. The van der Waals surface area contributed by atoms with Crippen molar-refractivity contribution in [1.82, 2.24) is 15.4 Å². The molecule has 0 aliphatic carbocycles. The largest absolute Gasteiger partial charge is 0.355 e. The van der Waals surface area contributed by atoms with Crippen LogP contribution in [0.15, 0.2) is 47.4 Å². The molecule has 0 bridgehead atoms. The van der Waals surface area contributed by atoms with E-state index in [1.165, 1.54) is 0 Å². The quantitative estimate of drug-likeness (QED) is 0.644. The number of hydrogen-bond donors (Lipinski definition) is 3. The molecular weight excluding hydrogens is 362 g/mol. The predicted molar refractivity (Wildman–Crippen MR) is 103 cm³/mol. The van der Waals surface area contributed by atoms with Gasteiger partial charge in [0, 0.05) is 25.6 Å². The summed E-state index contributed by atoms with van der Waals surface area (Å²) >= 11 is 0. The summed E-state index contributed by atoms with van der Waals surface area (Å²) in [6, 6.07) is 12.7. The molecule has 0 aliphatic heterocycles. The number of likely N-dealkylation sites (N-methyl/N-ethyl adjacent to an activating group) is 1. The van der Waals surface area contributed by atoms with Gasteiger partial charge < -0.3 is 10.6 Å². The third kappa shape index (κ3) is 6.28. The molecule has 8 heteroatoms. The lowest BCUT2D eigenvalue weighted by atomic mass is 10.1. The Hall–Kier alpha value is -1.67. The summed E-state index contributed by atoms with van der Waals surface area (Å²) in [6.07, 6.45) is 0.100. The number of benzene rings is 2. The topological polar surface area (TPSA) is 87.3 Å². The fourth-order valence-corrected chi connectivity index (χ4v) is 3.24. The van der Waals surface area contributed by atoms with Crippen LogP contribution in [0.4, 0.5) is 0 Å². The Morgan fingerprint density at radius 2 is 1.80 bits per heavy atom. The van der Waals surface area contributed by atoms with Gasteiger partial charge in [0.2, 0.25) is 15.9 Å². The predicted octanol–water partition coefficient (Wildman–Crippen LogP) is 1.65. The minimum absolute atomic E-state index is 0. The fraction of sp³-hybridized carbons (Fsp3) is 0.353. The molecule has 25 heavy (non-hydrogen) atoms. The van der Waals surface area contributed by atoms with Gasteiger partial charge in [-0.1, -0.05) is 30.3 Å². The van der Waals surface area contributed by atoms with Crippen LogP contribution in [0.5, 0.6) is 0 Å². The maximum Gasteiger partial charge on any atom is 0.240 e. The molecule has 0 saturated heterocycles. The maximum absolute atomic E-state index is 12.3. The molecule has 0 radical (unpaired) electrons. The molecule has 2 aromatic carbocycles. The van der Waals surface area contributed by atoms with Crippen molar-refractivity contribution < 1.29 is 13.2 Å². The van der Waals surface area contributed by atoms with Crippen LogP contribution in [0.2, 0.25) is 0 Å². The average Bonchev–Trinajstić information content (AvgIpc) is 2.59. The third-order valence-electron chi connectivity index (χ3n) is 3.77. The zero-order chi connectivity index (χ0) is 17.6. The number of rotatable bonds is 8. The molecule has 6 nitrogen and oxygen atoms in total. The first kappa shape index (κ1) is 21.4. The van der Waals surface area contributed by atoms with E-state index >= 15 is 0 Å². The average molecular weight is 386 g/mol. The van der Waals surface area contributed by atoms with E-state index in [1.54, 1.807) is 18.2 Å². The maximum atomic E-state index is 12.3. The summed E-state index contributed by atoms with van der Waals surface area (Å²) in [5.74, 6) is -0.182. The minimum Gasteiger partial charge on any atom is -0.355 e. The van der Waals surface area contributed by atoms with E-state index in [2.05, 4.69) is 15.4 Å². The second-order valence-electron chi connectivity index (χ2n) is 5.65. The first-order valence-corrected chi connectivity index (χ1v) is 9.33. The molecule has 0 aromatic heterocycles. The van der Waals surface area contributed by atoms with Crippen molar-refractivity contribution in [2.75, 3.05) is 20.1 Å². The van der Waals surface area contributed by atoms with Crippen LogP contribution in [0.1, 0.15) is 13.3 Å². The van der Waals surface area contributed by atoms with E-state index in [0.717, 1.165) is 10.8 Å². The van der Waals surface area contributed by atoms with Crippen LogP contribution in [0.25, 0.3) is 10.8 Å². The molecule has 138 valence electrons. The van der Waals surface area contributed by atoms with Crippen LogP contribution < -0.4 is 15.4 Å². The molecular formula is C17H24ClN3O3S. The van der Waals surface area contributed by atoms with Crippen LogP contribution in [0.3, 0.4) is 0 Å². The molecule has 1 unspecified atom stereocenters. The Balaban J connectivity index is 0.00000312. The van der Waals surface area contributed by atoms with Gasteiger partial charge in [-0.3, -0.25) is 4.79 Å². The molecule has 0 heterocycles. The van der Waals surface area contributed by atoms with E-state index < -0.39 is 10.0 Å². The molecule has 1 atom stereocenters. The Morgan fingerprint density at radius 3 is 2.48 bits per heavy atom. The Labute approximate surface area is 154 Å². The van der Waals surface area contributed by atoms with Crippen LogP contribution in [-0.2, 0) is 14.8 Å². The minimum atomic E-state index is -3.63. The van der Waals surface area contributed by atoms with Crippen molar-refractivity contribution in [3.05, 3.63) is 42.5 Å². The van der Waals surface area contributed by atoms with Crippen molar-refractivity contribution in [3.8, 4) is 0 Å². The van der Waals surface area contributed by atoms with Gasteiger partial charge in [-0.2, -0.15) is 0 Å². The monoisotopic (exact) mass is 385 g/mol. The van der Waals surface area contributed by atoms with Crippen LogP contribution >= 0.6 is 12.4 Å². The van der Waals surface area contributed by atoms with Gasteiger partial charge >= 0.3 is 0 Å². The summed E-state index contributed by atoms with van der Waals surface area (Å²) in [4.78, 5) is 11.9. The van der Waals surface area contributed by atoms with E-state index in [4.69, 9.17) is 0 Å². The third-order valence-corrected chi connectivity index (χ3v) is 5.23. The van der Waals surface area contributed by atoms with E-state index in [-0.39, 0.29) is 42.2 Å². The lowest BCUT2D eigenvalue weighted by Gasteiger charge is -2.12. The van der Waals surface area contributed by atoms with Crippen LogP contribution in [0, 0.1) is 0 Å². The van der Waals surface area contributed by atoms with Gasteiger partial charge in [0.05, 0.1) is 4.90 Å². The lowest BCUT2D eigenvalue weighted by molar-refractivity contribution is -0.121. The zero-order valence-corrected chi connectivity index (χ0v) is 15.9. The van der Waals surface area contributed by atoms with E-state index in [1.807, 2.05) is 38.2 Å². The van der Waals surface area contributed by atoms with Crippen molar-refractivity contribution in [3.63, 3.8) is 0 Å². The van der Waals surface area contributed by atoms with Gasteiger partial charge in [-0.15, -0.1) is 12.4 Å². The lowest BCUT2D eigenvalue weighted by Crippen LogP contribution is -2.38. The summed E-state index contributed by atoms with van der Waals surface area (Å²) in [5, 5.41) is 7.60. The molecule has 2 aromatic rings. The SMILES string of the molecule is CNC(C)CNC(=O)CCNS(=O)(=O)c1ccc2ccccc2c1.Cl. The van der Waals surface area contributed by atoms with Crippen molar-refractivity contribution >= 4 is 39.1 Å². The number of amides is 1. The molecule has 1 amide bonds. The first-order chi connectivity index (χ1) is 11.4. The number of hydrogen-bond acceptors (Lipinski definition) is 4. The number of sulfonamides is 1. The zero-order valence-electron chi connectivity index (χ0n) is 14.3. The molecule has 0 saturated carbocycles. The molecule has 0 aliphatic rings. The van der Waals surface area contributed by atoms with Crippen molar-refractivity contribution in [1.29, 1.82) is 0 Å². The molecule has 2 rings (SSSR count). The van der Waals surface area contributed by atoms with Gasteiger partial charge in [0.15, 0.2) is 0 Å². The summed E-state index contributed by atoms with van der Waals surface area (Å²) < 4.78 is 27.1. The summed E-state index contributed by atoms with van der Waals surface area (Å²) in [6.45, 7) is 2.52. The van der Waals surface area contributed by atoms with Crippen LogP contribution in [-0.4, -0.2) is 40.5 Å². The number of carbonyl (C=O) groups is 1. The van der Waals surface area contributed by atoms with Gasteiger partial charge in [0.1, 0.15) is 0 Å². The Bertz CT molecular complexity index is 812. The highest BCUT2D eigenvalue weighted by Crippen LogP contribution is 2.18. The second kappa shape index (κ2) is 9.72. The smallest absolute Gasteiger partial charge is 0.240 e. The summed E-state index contributed by atoms with van der Waals surface area (Å²) in [5.41, 5.74) is 0. The van der Waals surface area contributed by atoms with Crippen molar-refractivity contribution in [2.45, 2.75) is 24.3 Å². The standard InChI is InChI=1S/C17H23N3O3S.ClH/c1-13(18-2)12-19-17(21)9-10-20-24(22,23)16-8-7-14-5-3-4-6-15(14)11-16;/h3-8,11,13,18,20H,9-10,12H2,1-2H3,(H,19,21);1H. The summed E-state index contributed by atoms with van der Waals surface area (Å²) in [7, 11) is -1.81. The second-order valence-corrected chi connectivity index (χ2v) is 7.42. The highest BCUT2D eigenvalue weighted by atomic mass is 35.5. The normalized spacial score (nSPS) is 12.4. The highest BCUT2D eigenvalue weighted by molar-refractivity contribution is 7.89.